The van der Waals surface area contributed by atoms with E-state index in [1.54, 1.807) is 17.6 Å². The highest BCUT2D eigenvalue weighted by Gasteiger charge is 2.20. The second kappa shape index (κ2) is 9.41. The molecule has 1 fully saturated rings. The average Bonchev–Trinajstić information content (AvgIpc) is 3.46. The fourth-order valence-electron chi connectivity index (χ4n) is 3.26. The lowest BCUT2D eigenvalue weighted by atomic mass is 10.3. The molecule has 1 N–H and O–H groups in total. The van der Waals surface area contributed by atoms with Crippen LogP contribution >= 0.6 is 11.3 Å². The van der Waals surface area contributed by atoms with Gasteiger partial charge in [-0.1, -0.05) is 12.1 Å². The molecule has 4 rings (SSSR count). The first-order chi connectivity index (χ1) is 13.9. The highest BCUT2D eigenvalue weighted by atomic mass is 32.1. The van der Waals surface area contributed by atoms with Gasteiger partial charge in [0.1, 0.15) is 11.6 Å². The fourth-order valence-corrected chi connectivity index (χ4v) is 3.89. The first-order valence-electron chi connectivity index (χ1n) is 9.62. The number of nitrogens with zero attached hydrogens (tertiary/aromatic N) is 4. The van der Waals surface area contributed by atoms with Crippen molar-refractivity contribution in [1.82, 2.24) is 15.2 Å². The summed E-state index contributed by atoms with van der Waals surface area (Å²) in [6, 6.07) is 14.2. The Morgan fingerprint density at radius 2 is 2.04 bits per heavy atom. The molecular formula is C21H25N5OS. The van der Waals surface area contributed by atoms with Crippen molar-refractivity contribution >= 4 is 23.1 Å². The van der Waals surface area contributed by atoms with E-state index >= 15 is 0 Å². The van der Waals surface area contributed by atoms with E-state index in [1.165, 1.54) is 4.88 Å². The number of piperazine rings is 1. The Hall–Kier alpha value is -2.80. The monoisotopic (exact) mass is 395 g/mol. The van der Waals surface area contributed by atoms with Crippen LogP contribution in [-0.2, 0) is 13.0 Å². The van der Waals surface area contributed by atoms with Gasteiger partial charge in [-0.3, -0.25) is 0 Å². The van der Waals surface area contributed by atoms with Gasteiger partial charge in [0.2, 0.25) is 0 Å². The zero-order chi connectivity index (χ0) is 19.0. The third-order valence-electron chi connectivity index (χ3n) is 4.75. The summed E-state index contributed by atoms with van der Waals surface area (Å²) >= 11 is 1.75. The van der Waals surface area contributed by atoms with E-state index in [4.69, 9.17) is 9.41 Å². The fraction of sp³-hybridized carbons (Fsp3) is 0.333. The number of aromatic nitrogens is 1. The number of anilines is 1. The molecule has 1 saturated heterocycles. The predicted molar refractivity (Wildman–Crippen MR) is 114 cm³/mol. The van der Waals surface area contributed by atoms with Crippen molar-refractivity contribution in [3.63, 3.8) is 0 Å². The van der Waals surface area contributed by atoms with Crippen LogP contribution < -0.4 is 10.2 Å². The van der Waals surface area contributed by atoms with Gasteiger partial charge >= 0.3 is 0 Å². The molecule has 0 atom stereocenters. The van der Waals surface area contributed by atoms with E-state index in [0.29, 0.717) is 6.54 Å². The van der Waals surface area contributed by atoms with Crippen LogP contribution in [0.4, 0.5) is 5.82 Å². The van der Waals surface area contributed by atoms with Gasteiger partial charge < -0.3 is 19.5 Å². The molecule has 146 valence electrons. The van der Waals surface area contributed by atoms with Crippen molar-refractivity contribution in [2.45, 2.75) is 13.0 Å². The van der Waals surface area contributed by atoms with E-state index < -0.39 is 0 Å². The molecular weight excluding hydrogens is 370 g/mol. The number of nitrogens with one attached hydrogen (secondary N) is 1. The van der Waals surface area contributed by atoms with E-state index in [-0.39, 0.29) is 0 Å². The van der Waals surface area contributed by atoms with E-state index in [1.807, 2.05) is 30.5 Å². The standard InChI is InChI=1S/C21H25N5OS/c1-2-9-22-20(7-1)25-11-13-26(14-12-25)21(24-17-19-6-4-16-28-19)23-10-8-18-5-3-15-27-18/h1-7,9,15-16H,8,10-14,17H2,(H,23,24). The third-order valence-corrected chi connectivity index (χ3v) is 5.61. The number of hydrogen-bond acceptors (Lipinski definition) is 5. The van der Waals surface area contributed by atoms with E-state index in [0.717, 1.165) is 56.7 Å². The minimum atomic E-state index is 0.710. The normalized spacial score (nSPS) is 15.1. The largest absolute Gasteiger partial charge is 0.469 e. The lowest BCUT2D eigenvalue weighted by Gasteiger charge is -2.37. The Morgan fingerprint density at radius 3 is 2.75 bits per heavy atom. The van der Waals surface area contributed by atoms with Crippen LogP contribution in [0.15, 0.2) is 69.7 Å². The molecule has 0 saturated carbocycles. The molecule has 0 spiro atoms. The lowest BCUT2D eigenvalue weighted by Crippen LogP contribution is -2.53. The van der Waals surface area contributed by atoms with Gasteiger partial charge in [0, 0.05) is 50.2 Å². The summed E-state index contributed by atoms with van der Waals surface area (Å²) in [6.45, 7) is 5.24. The van der Waals surface area contributed by atoms with Gasteiger partial charge in [-0.25, -0.2) is 9.98 Å². The maximum absolute atomic E-state index is 5.44. The van der Waals surface area contributed by atoms with Crippen LogP contribution in [-0.4, -0.2) is 48.6 Å². The Bertz CT molecular complexity index is 840. The van der Waals surface area contributed by atoms with E-state index in [9.17, 15) is 0 Å². The van der Waals surface area contributed by atoms with Crippen molar-refractivity contribution in [2.75, 3.05) is 37.6 Å². The number of guanidine groups is 1. The molecule has 6 nitrogen and oxygen atoms in total. The smallest absolute Gasteiger partial charge is 0.194 e. The van der Waals surface area contributed by atoms with Gasteiger partial charge in [0.05, 0.1) is 12.8 Å². The van der Waals surface area contributed by atoms with Gasteiger partial charge in [-0.15, -0.1) is 11.3 Å². The SMILES string of the molecule is c1ccc(N2CCN(C(=NCc3cccs3)NCCc3ccco3)CC2)nc1. The highest BCUT2D eigenvalue weighted by Crippen LogP contribution is 2.14. The molecule has 1 aliphatic heterocycles. The first kappa shape index (κ1) is 18.6. The lowest BCUT2D eigenvalue weighted by molar-refractivity contribution is 0.370. The van der Waals surface area contributed by atoms with E-state index in [2.05, 4.69) is 43.7 Å². The van der Waals surface area contributed by atoms with Crippen molar-refractivity contribution in [2.24, 2.45) is 4.99 Å². The Morgan fingerprint density at radius 1 is 1.11 bits per heavy atom. The average molecular weight is 396 g/mol. The highest BCUT2D eigenvalue weighted by molar-refractivity contribution is 7.09. The molecule has 0 unspecified atom stereocenters. The zero-order valence-electron chi connectivity index (χ0n) is 15.8. The number of pyridine rings is 1. The quantitative estimate of drug-likeness (QED) is 0.513. The summed E-state index contributed by atoms with van der Waals surface area (Å²) < 4.78 is 5.44. The van der Waals surface area contributed by atoms with Crippen molar-refractivity contribution in [3.05, 3.63) is 70.9 Å². The second-order valence-corrected chi connectivity index (χ2v) is 7.67. The summed E-state index contributed by atoms with van der Waals surface area (Å²) in [6.07, 6.45) is 4.42. The number of thiophene rings is 1. The summed E-state index contributed by atoms with van der Waals surface area (Å²) in [5, 5.41) is 5.63. The molecule has 0 radical (unpaired) electrons. The van der Waals surface area contributed by atoms with Crippen LogP contribution in [0.5, 0.6) is 0 Å². The molecule has 4 heterocycles. The molecule has 3 aromatic heterocycles. The molecule has 0 aromatic carbocycles. The Labute approximate surface area is 169 Å². The molecule has 0 amide bonds. The second-order valence-electron chi connectivity index (χ2n) is 6.64. The molecule has 0 bridgehead atoms. The van der Waals surface area contributed by atoms with Gasteiger partial charge in [-0.2, -0.15) is 0 Å². The molecule has 28 heavy (non-hydrogen) atoms. The van der Waals surface area contributed by atoms with Crippen LogP contribution in [0.1, 0.15) is 10.6 Å². The number of rotatable bonds is 6. The maximum Gasteiger partial charge on any atom is 0.194 e. The molecule has 1 aliphatic rings. The molecule has 0 aliphatic carbocycles. The number of hydrogen-bond donors (Lipinski definition) is 1. The number of aliphatic imine (C=N–C) groups is 1. The predicted octanol–water partition coefficient (Wildman–Crippen LogP) is 3.25. The Balaban J connectivity index is 1.37. The zero-order valence-corrected chi connectivity index (χ0v) is 16.6. The summed E-state index contributed by atoms with van der Waals surface area (Å²) in [5.74, 6) is 3.01. The minimum absolute atomic E-state index is 0.710. The van der Waals surface area contributed by atoms with Crippen molar-refractivity contribution in [3.8, 4) is 0 Å². The van der Waals surface area contributed by atoms with Crippen LogP contribution in [0, 0.1) is 0 Å². The summed E-state index contributed by atoms with van der Waals surface area (Å²) in [7, 11) is 0. The van der Waals surface area contributed by atoms with Crippen molar-refractivity contribution < 1.29 is 4.42 Å². The summed E-state index contributed by atoms with van der Waals surface area (Å²) in [5.41, 5.74) is 0. The van der Waals surface area contributed by atoms with Crippen LogP contribution in [0.25, 0.3) is 0 Å². The third kappa shape index (κ3) is 4.92. The van der Waals surface area contributed by atoms with Gasteiger partial charge in [-0.05, 0) is 35.7 Å². The van der Waals surface area contributed by atoms with Crippen LogP contribution in [0.2, 0.25) is 0 Å². The minimum Gasteiger partial charge on any atom is -0.469 e. The molecule has 3 aromatic rings. The summed E-state index contributed by atoms with van der Waals surface area (Å²) in [4.78, 5) is 15.3. The van der Waals surface area contributed by atoms with Gasteiger partial charge in [0.25, 0.3) is 0 Å². The van der Waals surface area contributed by atoms with Gasteiger partial charge in [0.15, 0.2) is 5.96 Å². The van der Waals surface area contributed by atoms with Crippen molar-refractivity contribution in [1.29, 1.82) is 0 Å². The van der Waals surface area contributed by atoms with Crippen LogP contribution in [0.3, 0.4) is 0 Å². The Kier molecular flexibility index (Phi) is 6.24. The first-order valence-corrected chi connectivity index (χ1v) is 10.5. The number of furan rings is 1. The topological polar surface area (TPSA) is 56.9 Å². The maximum atomic E-state index is 5.44. The molecule has 7 heteroatoms.